The molecule has 5 rings (SSSR count). The lowest BCUT2D eigenvalue weighted by Gasteiger charge is -2.26. The Kier molecular flexibility index (Phi) is 6.73. The molecule has 0 bridgehead atoms. The van der Waals surface area contributed by atoms with Crippen LogP contribution in [0.15, 0.2) is 60.7 Å². The molecule has 188 valence electrons. The number of morpholine rings is 1. The van der Waals surface area contributed by atoms with Gasteiger partial charge in [-0.15, -0.1) is 13.2 Å². The van der Waals surface area contributed by atoms with Crippen LogP contribution in [-0.4, -0.2) is 48.4 Å². The Balaban J connectivity index is 1.28. The first-order valence-electron chi connectivity index (χ1n) is 11.9. The van der Waals surface area contributed by atoms with Gasteiger partial charge in [-0.2, -0.15) is 0 Å². The van der Waals surface area contributed by atoms with E-state index < -0.39 is 6.36 Å². The standard InChI is InChI=1S/C28H27F3N2O3/c1-19-14-23(22-6-2-20(3-7-22)16-32-10-12-35-13-11-32)15-24-18-33(27(34)26(19)24)17-21-4-8-25(9-5-21)36-28(29,30)31/h2-9,14-15H,10-13,16-18H2,1H3. The average molecular weight is 497 g/mol. The van der Waals surface area contributed by atoms with Gasteiger partial charge >= 0.3 is 6.36 Å². The van der Waals surface area contributed by atoms with Gasteiger partial charge in [0.15, 0.2) is 0 Å². The minimum Gasteiger partial charge on any atom is -0.406 e. The summed E-state index contributed by atoms with van der Waals surface area (Å²) >= 11 is 0. The molecular formula is C28H27F3N2O3. The second-order valence-corrected chi connectivity index (χ2v) is 9.27. The van der Waals surface area contributed by atoms with Crippen LogP contribution in [0.1, 0.15) is 32.6 Å². The summed E-state index contributed by atoms with van der Waals surface area (Å²) < 4.78 is 46.5. The number of ether oxygens (including phenoxy) is 2. The molecule has 2 aliphatic heterocycles. The van der Waals surface area contributed by atoms with E-state index in [9.17, 15) is 18.0 Å². The van der Waals surface area contributed by atoms with E-state index in [1.54, 1.807) is 17.0 Å². The number of alkyl halides is 3. The lowest BCUT2D eigenvalue weighted by Crippen LogP contribution is -2.35. The number of amides is 1. The molecule has 0 unspecified atom stereocenters. The van der Waals surface area contributed by atoms with Gasteiger partial charge in [0, 0.05) is 38.3 Å². The van der Waals surface area contributed by atoms with Crippen LogP contribution >= 0.6 is 0 Å². The van der Waals surface area contributed by atoms with Crippen molar-refractivity contribution in [1.29, 1.82) is 0 Å². The zero-order valence-corrected chi connectivity index (χ0v) is 20.0. The number of fused-ring (bicyclic) bond motifs is 1. The maximum absolute atomic E-state index is 13.1. The summed E-state index contributed by atoms with van der Waals surface area (Å²) in [5, 5.41) is 0. The van der Waals surface area contributed by atoms with Gasteiger partial charge in [-0.05, 0) is 58.5 Å². The SMILES string of the molecule is Cc1cc(-c2ccc(CN3CCOCC3)cc2)cc2c1C(=O)N(Cc1ccc(OC(F)(F)F)cc1)C2. The van der Waals surface area contributed by atoms with Crippen LogP contribution in [0.4, 0.5) is 13.2 Å². The van der Waals surface area contributed by atoms with Gasteiger partial charge in [0.05, 0.1) is 13.2 Å². The predicted molar refractivity (Wildman–Crippen MR) is 129 cm³/mol. The highest BCUT2D eigenvalue weighted by molar-refractivity contribution is 6.00. The molecule has 5 nitrogen and oxygen atoms in total. The van der Waals surface area contributed by atoms with Crippen molar-refractivity contribution in [1.82, 2.24) is 9.80 Å². The number of hydrogen-bond donors (Lipinski definition) is 0. The number of carbonyl (C=O) groups is 1. The van der Waals surface area contributed by atoms with Crippen LogP contribution in [0.25, 0.3) is 11.1 Å². The van der Waals surface area contributed by atoms with Crippen molar-refractivity contribution in [2.45, 2.75) is 32.9 Å². The molecule has 36 heavy (non-hydrogen) atoms. The summed E-state index contributed by atoms with van der Waals surface area (Å²) in [5.74, 6) is -0.343. The number of rotatable bonds is 6. The molecule has 3 aromatic rings. The second-order valence-electron chi connectivity index (χ2n) is 9.27. The molecule has 0 aliphatic carbocycles. The fraction of sp³-hybridized carbons (Fsp3) is 0.321. The highest BCUT2D eigenvalue weighted by atomic mass is 19.4. The van der Waals surface area contributed by atoms with E-state index >= 15 is 0 Å². The van der Waals surface area contributed by atoms with Crippen LogP contribution in [0.2, 0.25) is 0 Å². The van der Waals surface area contributed by atoms with Crippen LogP contribution in [0.3, 0.4) is 0 Å². The van der Waals surface area contributed by atoms with Gasteiger partial charge in [0.2, 0.25) is 0 Å². The molecule has 0 atom stereocenters. The van der Waals surface area contributed by atoms with Crippen LogP contribution in [0, 0.1) is 6.92 Å². The molecule has 2 aliphatic rings. The van der Waals surface area contributed by atoms with E-state index in [-0.39, 0.29) is 11.7 Å². The fourth-order valence-corrected chi connectivity index (χ4v) is 4.86. The fourth-order valence-electron chi connectivity index (χ4n) is 4.86. The van der Waals surface area contributed by atoms with Crippen molar-refractivity contribution in [2.24, 2.45) is 0 Å². The van der Waals surface area contributed by atoms with Gasteiger partial charge in [0.1, 0.15) is 5.75 Å². The average Bonchev–Trinajstić information content (AvgIpc) is 3.16. The molecule has 0 spiro atoms. The smallest absolute Gasteiger partial charge is 0.406 e. The van der Waals surface area contributed by atoms with Gasteiger partial charge in [0.25, 0.3) is 5.91 Å². The number of nitrogens with zero attached hydrogens (tertiary/aromatic N) is 2. The van der Waals surface area contributed by atoms with Crippen molar-refractivity contribution < 1.29 is 27.4 Å². The first-order valence-corrected chi connectivity index (χ1v) is 11.9. The van der Waals surface area contributed by atoms with Crippen molar-refractivity contribution in [3.05, 3.63) is 88.5 Å². The Morgan fingerprint density at radius 3 is 2.19 bits per heavy atom. The Labute approximate surface area is 208 Å². The molecule has 1 fully saturated rings. The molecule has 2 heterocycles. The molecule has 8 heteroatoms. The Hall–Kier alpha value is -3.36. The first kappa shape index (κ1) is 24.3. The molecular weight excluding hydrogens is 469 g/mol. The molecule has 1 amide bonds. The van der Waals surface area contributed by atoms with Gasteiger partial charge in [-0.25, -0.2) is 0 Å². The summed E-state index contributed by atoms with van der Waals surface area (Å²) in [6, 6.07) is 18.3. The van der Waals surface area contributed by atoms with Crippen LogP contribution in [0.5, 0.6) is 5.75 Å². The lowest BCUT2D eigenvalue weighted by molar-refractivity contribution is -0.274. The number of benzene rings is 3. The predicted octanol–water partition coefficient (Wildman–Crippen LogP) is 5.55. The number of aryl methyl sites for hydroxylation is 1. The monoisotopic (exact) mass is 496 g/mol. The van der Waals surface area contributed by atoms with Crippen molar-refractivity contribution in [3.8, 4) is 16.9 Å². The molecule has 0 N–H and O–H groups in total. The van der Waals surface area contributed by atoms with E-state index in [4.69, 9.17) is 4.74 Å². The second kappa shape index (κ2) is 9.95. The van der Waals surface area contributed by atoms with E-state index in [2.05, 4.69) is 40.0 Å². The lowest BCUT2D eigenvalue weighted by atomic mass is 9.96. The van der Waals surface area contributed by atoms with E-state index in [1.165, 1.54) is 17.7 Å². The summed E-state index contributed by atoms with van der Waals surface area (Å²) in [6.45, 7) is 7.06. The largest absolute Gasteiger partial charge is 0.573 e. The summed E-state index contributed by atoms with van der Waals surface area (Å²) in [5.41, 5.74) is 6.74. The van der Waals surface area contributed by atoms with Gasteiger partial charge < -0.3 is 14.4 Å². The Bertz CT molecular complexity index is 1230. The minimum absolute atomic E-state index is 0.0643. The van der Waals surface area contributed by atoms with E-state index in [0.29, 0.717) is 18.7 Å². The third-order valence-corrected chi connectivity index (χ3v) is 6.61. The van der Waals surface area contributed by atoms with Crippen LogP contribution < -0.4 is 4.74 Å². The molecule has 0 saturated carbocycles. The third kappa shape index (κ3) is 5.55. The highest BCUT2D eigenvalue weighted by Gasteiger charge is 2.32. The van der Waals surface area contributed by atoms with Crippen molar-refractivity contribution in [2.75, 3.05) is 26.3 Å². The Morgan fingerprint density at radius 2 is 1.53 bits per heavy atom. The normalized spacial score (nSPS) is 16.3. The molecule has 1 saturated heterocycles. The molecule has 0 radical (unpaired) electrons. The van der Waals surface area contributed by atoms with Crippen molar-refractivity contribution in [3.63, 3.8) is 0 Å². The van der Waals surface area contributed by atoms with E-state index in [1.807, 2.05) is 13.0 Å². The van der Waals surface area contributed by atoms with Gasteiger partial charge in [-0.3, -0.25) is 9.69 Å². The summed E-state index contributed by atoms with van der Waals surface area (Å²) in [4.78, 5) is 17.2. The van der Waals surface area contributed by atoms with E-state index in [0.717, 1.165) is 60.7 Å². The Morgan fingerprint density at radius 1 is 0.889 bits per heavy atom. The van der Waals surface area contributed by atoms with Crippen LogP contribution in [-0.2, 0) is 24.4 Å². The topological polar surface area (TPSA) is 42.0 Å². The number of halogens is 3. The zero-order valence-electron chi connectivity index (χ0n) is 20.0. The van der Waals surface area contributed by atoms with Crippen molar-refractivity contribution >= 4 is 5.91 Å². The zero-order chi connectivity index (χ0) is 25.3. The maximum Gasteiger partial charge on any atom is 0.573 e. The molecule has 0 aromatic heterocycles. The number of hydrogen-bond acceptors (Lipinski definition) is 4. The molecule has 3 aromatic carbocycles. The summed E-state index contributed by atoms with van der Waals surface area (Å²) in [6.07, 6.45) is -4.73. The quantitative estimate of drug-likeness (QED) is 0.449. The van der Waals surface area contributed by atoms with Gasteiger partial charge in [-0.1, -0.05) is 42.5 Å². The number of carbonyl (C=O) groups excluding carboxylic acids is 1. The third-order valence-electron chi connectivity index (χ3n) is 6.61. The highest BCUT2D eigenvalue weighted by Crippen LogP contribution is 2.33. The maximum atomic E-state index is 13.1. The first-order chi connectivity index (χ1) is 17.2. The minimum atomic E-state index is -4.73. The summed E-state index contributed by atoms with van der Waals surface area (Å²) in [7, 11) is 0.